The number of fused-ring (bicyclic) bond motifs is 1. The molecule has 15 heavy (non-hydrogen) atoms. The fraction of sp³-hybridized carbons (Fsp3) is 0.545. The van der Waals surface area contributed by atoms with Crippen molar-refractivity contribution in [1.29, 1.82) is 0 Å². The van der Waals surface area contributed by atoms with Gasteiger partial charge in [-0.1, -0.05) is 20.8 Å². The van der Waals surface area contributed by atoms with Crippen LogP contribution in [0.15, 0.2) is 12.5 Å². The smallest absolute Gasteiger partial charge is 0.163 e. The highest BCUT2D eigenvalue weighted by molar-refractivity contribution is 5.69. The molecule has 0 unspecified atom stereocenters. The van der Waals surface area contributed by atoms with Crippen molar-refractivity contribution in [3.8, 4) is 0 Å². The lowest BCUT2D eigenvalue weighted by Gasteiger charge is -2.15. The van der Waals surface area contributed by atoms with E-state index in [0.717, 1.165) is 23.5 Å². The van der Waals surface area contributed by atoms with E-state index in [9.17, 15) is 0 Å². The van der Waals surface area contributed by atoms with Crippen LogP contribution in [0.2, 0.25) is 0 Å². The molecular weight excluding hydrogens is 188 g/mol. The van der Waals surface area contributed by atoms with E-state index in [-0.39, 0.29) is 5.41 Å². The van der Waals surface area contributed by atoms with Crippen LogP contribution < -0.4 is 0 Å². The van der Waals surface area contributed by atoms with Gasteiger partial charge >= 0.3 is 0 Å². The average molecular weight is 204 g/mol. The highest BCUT2D eigenvalue weighted by Crippen LogP contribution is 2.19. The van der Waals surface area contributed by atoms with E-state index in [0.29, 0.717) is 0 Å². The van der Waals surface area contributed by atoms with E-state index in [4.69, 9.17) is 0 Å². The van der Waals surface area contributed by atoms with Crippen molar-refractivity contribution in [3.63, 3.8) is 0 Å². The third-order valence-corrected chi connectivity index (χ3v) is 2.37. The van der Waals surface area contributed by atoms with Crippen LogP contribution in [0, 0.1) is 0 Å². The van der Waals surface area contributed by atoms with Gasteiger partial charge in [0.2, 0.25) is 0 Å². The molecule has 0 radical (unpaired) electrons. The van der Waals surface area contributed by atoms with Gasteiger partial charge in [-0.25, -0.2) is 15.0 Å². The third-order valence-electron chi connectivity index (χ3n) is 2.37. The van der Waals surface area contributed by atoms with Crippen molar-refractivity contribution in [2.45, 2.75) is 39.7 Å². The molecule has 0 amide bonds. The third kappa shape index (κ3) is 1.71. The molecule has 0 aliphatic carbocycles. The highest BCUT2D eigenvalue weighted by Gasteiger charge is 2.18. The number of aromatic nitrogens is 4. The molecule has 0 spiro atoms. The Bertz CT molecular complexity index is 479. The lowest BCUT2D eigenvalue weighted by atomic mass is 9.96. The molecule has 0 saturated carbocycles. The Labute approximate surface area is 89.4 Å². The van der Waals surface area contributed by atoms with Gasteiger partial charge in [-0.2, -0.15) is 0 Å². The van der Waals surface area contributed by atoms with E-state index in [2.05, 4.69) is 42.6 Å². The first-order valence-corrected chi connectivity index (χ1v) is 5.20. The van der Waals surface area contributed by atoms with Gasteiger partial charge in [0.05, 0.1) is 12.5 Å². The first-order valence-electron chi connectivity index (χ1n) is 5.20. The quantitative estimate of drug-likeness (QED) is 0.714. The van der Waals surface area contributed by atoms with Gasteiger partial charge in [0.15, 0.2) is 5.65 Å². The first kappa shape index (κ1) is 10.1. The maximum absolute atomic E-state index is 4.57. The number of rotatable bonds is 1. The molecule has 0 N–H and O–H groups in total. The fourth-order valence-corrected chi connectivity index (χ4v) is 1.45. The standard InChI is InChI=1S/C11H16N4/c1-5-15-7-13-8-6-12-10(11(2,3)4)14-9(8)15/h6-7H,5H2,1-4H3. The molecule has 4 nitrogen and oxygen atoms in total. The summed E-state index contributed by atoms with van der Waals surface area (Å²) in [6, 6.07) is 0. The molecular formula is C11H16N4. The van der Waals surface area contributed by atoms with Crippen molar-refractivity contribution in [1.82, 2.24) is 19.5 Å². The molecule has 2 aromatic heterocycles. The lowest BCUT2D eigenvalue weighted by molar-refractivity contribution is 0.546. The van der Waals surface area contributed by atoms with Crippen LogP contribution in [0.3, 0.4) is 0 Å². The van der Waals surface area contributed by atoms with Crippen molar-refractivity contribution < 1.29 is 0 Å². The van der Waals surface area contributed by atoms with Crippen LogP contribution in [0.4, 0.5) is 0 Å². The minimum atomic E-state index is -0.0168. The molecule has 0 aliphatic heterocycles. The number of aryl methyl sites for hydroxylation is 1. The molecule has 0 atom stereocenters. The highest BCUT2D eigenvalue weighted by atomic mass is 15.1. The second-order valence-electron chi connectivity index (χ2n) is 4.68. The zero-order valence-electron chi connectivity index (χ0n) is 9.65. The van der Waals surface area contributed by atoms with Gasteiger partial charge in [0, 0.05) is 12.0 Å². The Balaban J connectivity index is 2.63. The number of hydrogen-bond donors (Lipinski definition) is 0. The molecule has 0 aromatic carbocycles. The Kier molecular flexibility index (Phi) is 2.21. The van der Waals surface area contributed by atoms with Crippen molar-refractivity contribution in [2.24, 2.45) is 0 Å². The van der Waals surface area contributed by atoms with E-state index in [1.54, 1.807) is 6.20 Å². The predicted molar refractivity (Wildman–Crippen MR) is 59.7 cm³/mol. The van der Waals surface area contributed by atoms with Crippen molar-refractivity contribution in [2.75, 3.05) is 0 Å². The van der Waals surface area contributed by atoms with Crippen LogP contribution in [0.5, 0.6) is 0 Å². The van der Waals surface area contributed by atoms with E-state index >= 15 is 0 Å². The van der Waals surface area contributed by atoms with E-state index < -0.39 is 0 Å². The zero-order valence-corrected chi connectivity index (χ0v) is 9.65. The van der Waals surface area contributed by atoms with Crippen LogP contribution >= 0.6 is 0 Å². The Morgan fingerprint density at radius 3 is 2.60 bits per heavy atom. The van der Waals surface area contributed by atoms with Gasteiger partial charge in [-0.05, 0) is 6.92 Å². The molecule has 0 fully saturated rings. The monoisotopic (exact) mass is 204 g/mol. The summed E-state index contributed by atoms with van der Waals surface area (Å²) in [5.74, 6) is 0.866. The molecule has 0 aliphatic rings. The van der Waals surface area contributed by atoms with Crippen LogP contribution in [0.25, 0.3) is 11.2 Å². The Hall–Kier alpha value is -1.45. The second-order valence-corrected chi connectivity index (χ2v) is 4.68. The fourth-order valence-electron chi connectivity index (χ4n) is 1.45. The maximum Gasteiger partial charge on any atom is 0.163 e. The number of hydrogen-bond acceptors (Lipinski definition) is 3. The normalized spacial score (nSPS) is 12.3. The van der Waals surface area contributed by atoms with Crippen molar-refractivity contribution in [3.05, 3.63) is 18.3 Å². The summed E-state index contributed by atoms with van der Waals surface area (Å²) in [6.07, 6.45) is 3.61. The minimum absolute atomic E-state index is 0.0168. The van der Waals surface area contributed by atoms with Crippen LogP contribution in [0.1, 0.15) is 33.5 Å². The summed E-state index contributed by atoms with van der Waals surface area (Å²) in [6.45, 7) is 9.31. The Morgan fingerprint density at radius 2 is 2.00 bits per heavy atom. The number of nitrogens with zero attached hydrogens (tertiary/aromatic N) is 4. The zero-order chi connectivity index (χ0) is 11.1. The lowest BCUT2D eigenvalue weighted by Crippen LogP contribution is -2.16. The summed E-state index contributed by atoms with van der Waals surface area (Å²) < 4.78 is 2.03. The second kappa shape index (κ2) is 3.29. The summed E-state index contributed by atoms with van der Waals surface area (Å²) >= 11 is 0. The molecule has 80 valence electrons. The maximum atomic E-state index is 4.57. The molecule has 2 aromatic rings. The van der Waals surface area contributed by atoms with Gasteiger partial charge in [-0.15, -0.1) is 0 Å². The van der Waals surface area contributed by atoms with E-state index in [1.807, 2.05) is 10.9 Å². The van der Waals surface area contributed by atoms with E-state index in [1.165, 1.54) is 0 Å². The van der Waals surface area contributed by atoms with Gasteiger partial charge in [-0.3, -0.25) is 0 Å². The topological polar surface area (TPSA) is 43.6 Å². The van der Waals surface area contributed by atoms with Crippen LogP contribution in [-0.4, -0.2) is 19.5 Å². The van der Waals surface area contributed by atoms with Gasteiger partial charge < -0.3 is 4.57 Å². The van der Waals surface area contributed by atoms with Crippen molar-refractivity contribution >= 4 is 11.2 Å². The van der Waals surface area contributed by atoms with Crippen LogP contribution in [-0.2, 0) is 12.0 Å². The summed E-state index contributed by atoms with van der Waals surface area (Å²) in [7, 11) is 0. The predicted octanol–water partition coefficient (Wildman–Crippen LogP) is 2.14. The minimum Gasteiger partial charge on any atom is -0.315 e. The molecule has 0 saturated heterocycles. The first-order chi connectivity index (χ1) is 7.02. The molecule has 0 bridgehead atoms. The SMILES string of the molecule is CCn1cnc2cnc(C(C)(C)C)nc21. The Morgan fingerprint density at radius 1 is 1.27 bits per heavy atom. The average Bonchev–Trinajstić information content (AvgIpc) is 2.57. The van der Waals surface area contributed by atoms with Gasteiger partial charge in [0.25, 0.3) is 0 Å². The summed E-state index contributed by atoms with van der Waals surface area (Å²) in [5.41, 5.74) is 1.78. The summed E-state index contributed by atoms with van der Waals surface area (Å²) in [4.78, 5) is 13.2. The molecule has 2 rings (SSSR count). The summed E-state index contributed by atoms with van der Waals surface area (Å²) in [5, 5.41) is 0. The number of imidazole rings is 1. The molecule has 4 heteroatoms. The molecule has 2 heterocycles. The van der Waals surface area contributed by atoms with Gasteiger partial charge in [0.1, 0.15) is 11.3 Å². The largest absolute Gasteiger partial charge is 0.315 e.